The van der Waals surface area contributed by atoms with Gasteiger partial charge < -0.3 is 47.3 Å². The zero-order chi connectivity index (χ0) is 73.5. The summed E-state index contributed by atoms with van der Waals surface area (Å²) < 4.78 is 142. The second-order valence-corrected chi connectivity index (χ2v) is 26.4. The van der Waals surface area contributed by atoms with Crippen LogP contribution in [0, 0.1) is 29.1 Å². The Morgan fingerprint density at radius 2 is 0.952 bits per heavy atom. The Kier molecular flexibility index (Phi) is 27.1. The number of ether oxygens (including phenoxy) is 5. The molecule has 0 spiro atoms. The fraction of sp³-hybridized carbons (Fsp3) is 0.325. The number of hydrogen-bond donors (Lipinski definition) is 1. The van der Waals surface area contributed by atoms with Gasteiger partial charge in [-0.3, -0.25) is 18.6 Å². The molecule has 1 amide bonds. The Morgan fingerprint density at radius 1 is 0.514 bits per heavy atom. The van der Waals surface area contributed by atoms with Gasteiger partial charge in [0.05, 0.1) is 84.7 Å². The summed E-state index contributed by atoms with van der Waals surface area (Å²) in [5.74, 6) is -12.4. The highest BCUT2D eigenvalue weighted by atomic mass is 32.2. The number of carbonyl (C=O) groups is 2. The summed E-state index contributed by atoms with van der Waals surface area (Å²) in [4.78, 5) is 52.9. The third-order valence-corrected chi connectivity index (χ3v) is 18.0. The summed E-state index contributed by atoms with van der Waals surface area (Å²) in [5, 5.41) is 3.14. The van der Waals surface area contributed by atoms with Crippen molar-refractivity contribution in [3.8, 4) is 40.0 Å². The number of furan rings is 2. The number of rotatable bonds is 28. The Balaban J connectivity index is 0.000000173. The van der Waals surface area contributed by atoms with Gasteiger partial charge in [-0.25, -0.2) is 51.1 Å². The number of amides is 1. The molecule has 0 aliphatic carbocycles. The van der Waals surface area contributed by atoms with Crippen LogP contribution in [0.5, 0.6) is 17.5 Å². The van der Waals surface area contributed by atoms with Gasteiger partial charge in [0.1, 0.15) is 22.9 Å². The van der Waals surface area contributed by atoms with Gasteiger partial charge in [-0.1, -0.05) is 135 Å². The van der Waals surface area contributed by atoms with Gasteiger partial charge in [-0.05, 0) is 80.7 Å². The fourth-order valence-electron chi connectivity index (χ4n) is 11.9. The first-order valence-electron chi connectivity index (χ1n) is 34.7. The first-order valence-corrected chi connectivity index (χ1v) is 36.3. The Bertz CT molecular complexity index is 4680. The van der Waals surface area contributed by atoms with E-state index in [4.69, 9.17) is 42.7 Å². The number of benzene rings is 5. The predicted molar refractivity (Wildman–Crippen MR) is 380 cm³/mol. The van der Waals surface area contributed by atoms with Gasteiger partial charge in [0.25, 0.3) is 0 Å². The van der Waals surface area contributed by atoms with Crippen LogP contribution >= 0.6 is 0 Å². The molecule has 1 N–H and O–H groups in total. The molecule has 8 heterocycles. The zero-order valence-electron chi connectivity index (χ0n) is 57.9. The molecule has 552 valence electrons. The number of imidazole rings is 2. The van der Waals surface area contributed by atoms with Crippen molar-refractivity contribution in [2.45, 2.75) is 64.7 Å². The maximum Gasteiger partial charge on any atom is 0.520 e. The van der Waals surface area contributed by atoms with E-state index in [1.165, 1.54) is 10.7 Å². The molecule has 11 aromatic rings. The second kappa shape index (κ2) is 37.5. The number of nitrogens with one attached hydrogen (secondary N) is 1. The molecule has 6 aromatic heterocycles. The molecule has 5 aromatic carbocycles. The van der Waals surface area contributed by atoms with Gasteiger partial charge in [-0.15, -0.1) is 0 Å². The first-order chi connectivity index (χ1) is 51.0. The lowest BCUT2D eigenvalue weighted by Gasteiger charge is -2.28. The molecule has 0 saturated carbocycles. The molecule has 28 heteroatoms. The molecule has 105 heavy (non-hydrogen) atoms. The second-order valence-electron chi connectivity index (χ2n) is 24.9. The summed E-state index contributed by atoms with van der Waals surface area (Å²) in [6.45, 7) is 13.8. The lowest BCUT2D eigenvalue weighted by molar-refractivity contribution is 0.0361. The van der Waals surface area contributed by atoms with Crippen LogP contribution in [0.4, 0.5) is 31.5 Å². The fourth-order valence-corrected chi connectivity index (χ4v) is 12.4. The molecule has 2 fully saturated rings. The van der Waals surface area contributed by atoms with Crippen molar-refractivity contribution in [2.75, 3.05) is 97.6 Å². The average molecular weight is 1460 g/mol. The maximum absolute atomic E-state index is 14.2. The van der Waals surface area contributed by atoms with Gasteiger partial charge in [0, 0.05) is 87.9 Å². The molecular weight excluding hydrogens is 1380 g/mol. The van der Waals surface area contributed by atoms with Gasteiger partial charge in [0.15, 0.2) is 11.3 Å². The molecule has 0 unspecified atom stereocenters. The minimum absolute atomic E-state index is 0.00523. The number of unbranched alkanes of at least 4 members (excludes halogenated alkanes) is 1. The largest absolute Gasteiger partial charge is 0.748 e. The van der Waals surface area contributed by atoms with E-state index in [1.54, 1.807) is 24.6 Å². The highest BCUT2D eigenvalue weighted by Crippen LogP contribution is 2.34. The van der Waals surface area contributed by atoms with E-state index in [0.29, 0.717) is 79.7 Å². The predicted octanol–water partition coefficient (Wildman–Crippen LogP) is 13.2. The Hall–Kier alpha value is -10.2. The maximum atomic E-state index is 14.2. The minimum Gasteiger partial charge on any atom is -0.748 e. The van der Waals surface area contributed by atoms with Crippen LogP contribution in [-0.4, -0.2) is 166 Å². The number of nitrogens with zero attached hydrogens (tertiary/aromatic N) is 9. The first kappa shape index (κ1) is 75.9. The number of fused-ring (bicyclic) bond motifs is 2. The molecule has 2 aliphatic rings. The monoisotopic (exact) mass is 1460 g/mol. The van der Waals surface area contributed by atoms with Crippen molar-refractivity contribution in [1.29, 1.82) is 0 Å². The zero-order valence-corrected chi connectivity index (χ0v) is 58.7. The van der Waals surface area contributed by atoms with E-state index in [-0.39, 0.29) is 35.5 Å². The van der Waals surface area contributed by atoms with Crippen LogP contribution in [-0.2, 0) is 45.3 Å². The molecule has 13 rings (SSSR count). The van der Waals surface area contributed by atoms with Crippen molar-refractivity contribution in [1.82, 2.24) is 48.8 Å². The number of halogens is 5. The van der Waals surface area contributed by atoms with Gasteiger partial charge in [0.2, 0.25) is 46.6 Å². The summed E-state index contributed by atoms with van der Waals surface area (Å²) in [5.41, 5.74) is 7.99. The van der Waals surface area contributed by atoms with Crippen molar-refractivity contribution in [3.05, 3.63) is 245 Å². The molecule has 0 radical (unpaired) electrons. The third kappa shape index (κ3) is 21.3. The van der Waals surface area contributed by atoms with E-state index in [2.05, 4.69) is 43.9 Å². The molecule has 0 bridgehead atoms. The van der Waals surface area contributed by atoms with Crippen LogP contribution in [0.3, 0.4) is 0 Å². The Labute approximate surface area is 604 Å². The van der Waals surface area contributed by atoms with Crippen LogP contribution in [0.2, 0.25) is 0 Å². The van der Waals surface area contributed by atoms with Crippen molar-refractivity contribution in [2.24, 2.45) is 0 Å². The van der Waals surface area contributed by atoms with Crippen molar-refractivity contribution in [3.63, 3.8) is 0 Å². The standard InChI is InChI=1S/C36H41N5O4.C31H18F5N3O4.C10H22N2O4S/c1-2-3-18-40(19-11-17-39-20-23-43-24-21-39)36(42)45-35-32(26-30-16-10-22-44-30)38-34-31(25-28-12-6-4-7-13-28)37-33(27-41(34)35)29-14-8-5-9-15-29;32-23-24(33)26(35)28(27(36)25(23)34)42-31(40)43-30-21(15-19-12-7-13-41-19)38-29-20(14-17-8-3-1-4-9-17)37-22(16-39(29)30)18-10-5-2-6-11-18;13-17(14,15)10-2-4-11-3-1-5-12-6-8-16-9-7-12/h4-10,12-16,22,27H,2-3,11,17-21,23-26H2,1H3;1-13,16H,14-15H2;11H,1-10H2,(H,13,14,15)/p-1. The van der Waals surface area contributed by atoms with Crippen molar-refractivity contribution >= 4 is 33.7 Å². The molecule has 0 atom stereocenters. The topological polar surface area (TPSA) is 246 Å². The Morgan fingerprint density at radius 3 is 1.41 bits per heavy atom. The molecule has 2 aliphatic heterocycles. The highest BCUT2D eigenvalue weighted by molar-refractivity contribution is 7.85. The van der Waals surface area contributed by atoms with Crippen molar-refractivity contribution < 1.29 is 77.0 Å². The minimum atomic E-state index is -4.05. The van der Waals surface area contributed by atoms with E-state index in [0.717, 1.165) is 137 Å². The highest BCUT2D eigenvalue weighted by Gasteiger charge is 2.32. The smallest absolute Gasteiger partial charge is 0.520 e. The lowest BCUT2D eigenvalue weighted by atomic mass is 10.1. The van der Waals surface area contributed by atoms with E-state index in [9.17, 15) is 44.5 Å². The average Bonchev–Trinajstić information content (AvgIpc) is 1.63. The number of aromatic nitrogens is 6. The molecule has 2 saturated heterocycles. The number of hydrogen-bond acceptors (Lipinski definition) is 19. The summed E-state index contributed by atoms with van der Waals surface area (Å²) >= 11 is 0. The molecular formula is C77H80F5N10O12S-. The van der Waals surface area contributed by atoms with Gasteiger partial charge in [-0.2, -0.15) is 8.78 Å². The van der Waals surface area contributed by atoms with E-state index >= 15 is 0 Å². The van der Waals surface area contributed by atoms with Crippen LogP contribution in [0.25, 0.3) is 33.8 Å². The summed E-state index contributed by atoms with van der Waals surface area (Å²) in [6, 6.07) is 45.8. The van der Waals surface area contributed by atoms with E-state index < -0.39 is 51.1 Å². The summed E-state index contributed by atoms with van der Waals surface area (Å²) in [7, 11) is -4.05. The van der Waals surface area contributed by atoms with Crippen LogP contribution < -0.4 is 19.5 Å². The lowest BCUT2D eigenvalue weighted by Crippen LogP contribution is -2.40. The summed E-state index contributed by atoms with van der Waals surface area (Å²) in [6.07, 6.45) is 9.90. The molecule has 22 nitrogen and oxygen atoms in total. The number of morpholine rings is 2. The SMILES string of the molecule is CCCCN(CCCN1CCOCC1)C(=O)Oc1c(Cc2ccco2)nc2c(Cc3ccccc3)nc(-c3ccccc3)cn12.O=C(Oc1c(F)c(F)c(F)c(F)c1F)Oc1c(Cc2ccco2)nc2c(Cc3ccccc3)nc(-c3ccccc3)cn12.O=S(=O)([O-])CCCNCCCN1CCOCC1. The number of carbonyl (C=O) groups excluding carboxylic acids is 2. The van der Waals surface area contributed by atoms with Crippen LogP contribution in [0.15, 0.2) is 179 Å². The quantitative estimate of drug-likeness (QED) is 0.00910. The van der Waals surface area contributed by atoms with Gasteiger partial charge >= 0.3 is 12.2 Å². The van der Waals surface area contributed by atoms with Crippen LogP contribution in [0.1, 0.15) is 84.5 Å². The third-order valence-electron chi connectivity index (χ3n) is 17.3. The normalized spacial score (nSPS) is 13.4. The van der Waals surface area contributed by atoms with E-state index in [1.807, 2.05) is 137 Å².